The molecule has 0 saturated heterocycles. The van der Waals surface area contributed by atoms with Crippen LogP contribution >= 0.6 is 0 Å². The summed E-state index contributed by atoms with van der Waals surface area (Å²) in [5.74, 6) is 0. The van der Waals surface area contributed by atoms with Gasteiger partial charge in [0, 0.05) is 6.20 Å². The zero-order valence-corrected chi connectivity index (χ0v) is 8.77. The number of rotatable bonds is 2. The SMILES string of the molecule is Cc1ccc(-n2cc(C=O)c(C)n2)cc1. The van der Waals surface area contributed by atoms with Gasteiger partial charge < -0.3 is 0 Å². The molecule has 0 aliphatic heterocycles. The van der Waals surface area contributed by atoms with E-state index in [9.17, 15) is 4.79 Å². The predicted octanol–water partition coefficient (Wildman–Crippen LogP) is 2.30. The lowest BCUT2D eigenvalue weighted by atomic mass is 10.2. The van der Waals surface area contributed by atoms with Crippen LogP contribution in [0.15, 0.2) is 30.5 Å². The lowest BCUT2D eigenvalue weighted by Crippen LogP contribution is -1.94. The third-order valence-corrected chi connectivity index (χ3v) is 2.36. The first-order valence-electron chi connectivity index (χ1n) is 4.79. The molecule has 0 N–H and O–H groups in total. The van der Waals surface area contributed by atoms with Crippen LogP contribution in [-0.2, 0) is 0 Å². The van der Waals surface area contributed by atoms with Crippen LogP contribution in [0.4, 0.5) is 0 Å². The largest absolute Gasteiger partial charge is 0.298 e. The lowest BCUT2D eigenvalue weighted by molar-refractivity contribution is 0.112. The molecule has 0 aliphatic carbocycles. The van der Waals surface area contributed by atoms with E-state index in [0.29, 0.717) is 5.56 Å². The van der Waals surface area contributed by atoms with Gasteiger partial charge in [-0.2, -0.15) is 5.10 Å². The van der Waals surface area contributed by atoms with E-state index >= 15 is 0 Å². The van der Waals surface area contributed by atoms with E-state index in [0.717, 1.165) is 17.7 Å². The minimum atomic E-state index is 0.635. The highest BCUT2D eigenvalue weighted by atomic mass is 16.1. The summed E-state index contributed by atoms with van der Waals surface area (Å²) in [5.41, 5.74) is 3.57. The second-order valence-corrected chi connectivity index (χ2v) is 3.57. The number of carbonyl (C=O) groups excluding carboxylic acids is 1. The van der Waals surface area contributed by atoms with E-state index in [2.05, 4.69) is 5.10 Å². The van der Waals surface area contributed by atoms with Gasteiger partial charge in [0.25, 0.3) is 0 Å². The molecule has 0 bridgehead atoms. The Morgan fingerprint density at radius 1 is 1.20 bits per heavy atom. The van der Waals surface area contributed by atoms with E-state index in [-0.39, 0.29) is 0 Å². The van der Waals surface area contributed by atoms with Crippen LogP contribution in [0, 0.1) is 13.8 Å². The van der Waals surface area contributed by atoms with E-state index in [1.165, 1.54) is 5.56 Å². The van der Waals surface area contributed by atoms with Crippen molar-refractivity contribution >= 4 is 6.29 Å². The van der Waals surface area contributed by atoms with Crippen LogP contribution < -0.4 is 0 Å². The molecule has 1 aromatic carbocycles. The topological polar surface area (TPSA) is 34.9 Å². The minimum Gasteiger partial charge on any atom is -0.298 e. The third-order valence-electron chi connectivity index (χ3n) is 2.36. The molecule has 0 fully saturated rings. The summed E-state index contributed by atoms with van der Waals surface area (Å²) in [6.07, 6.45) is 2.57. The number of aryl methyl sites for hydroxylation is 2. The maximum Gasteiger partial charge on any atom is 0.153 e. The molecule has 0 saturated carbocycles. The molecule has 76 valence electrons. The Hall–Kier alpha value is -1.90. The summed E-state index contributed by atoms with van der Waals surface area (Å²) < 4.78 is 1.72. The summed E-state index contributed by atoms with van der Waals surface area (Å²) in [5, 5.41) is 4.27. The van der Waals surface area contributed by atoms with Gasteiger partial charge in [0.2, 0.25) is 0 Å². The molecule has 0 spiro atoms. The van der Waals surface area contributed by atoms with Gasteiger partial charge in [-0.15, -0.1) is 0 Å². The van der Waals surface area contributed by atoms with Crippen LogP contribution in [-0.4, -0.2) is 16.1 Å². The van der Waals surface area contributed by atoms with Crippen molar-refractivity contribution < 1.29 is 4.79 Å². The van der Waals surface area contributed by atoms with Gasteiger partial charge >= 0.3 is 0 Å². The highest BCUT2D eigenvalue weighted by molar-refractivity contribution is 5.76. The van der Waals surface area contributed by atoms with Gasteiger partial charge in [0.15, 0.2) is 6.29 Å². The zero-order chi connectivity index (χ0) is 10.8. The van der Waals surface area contributed by atoms with Crippen molar-refractivity contribution in [2.24, 2.45) is 0 Å². The molecular weight excluding hydrogens is 188 g/mol. The Bertz CT molecular complexity index is 483. The molecule has 2 rings (SSSR count). The maximum atomic E-state index is 10.7. The quantitative estimate of drug-likeness (QED) is 0.697. The van der Waals surface area contributed by atoms with Crippen LogP contribution in [0.5, 0.6) is 0 Å². The van der Waals surface area contributed by atoms with Crippen LogP contribution in [0.25, 0.3) is 5.69 Å². The molecule has 15 heavy (non-hydrogen) atoms. The Labute approximate surface area is 88.4 Å². The first-order valence-corrected chi connectivity index (χ1v) is 4.79. The van der Waals surface area contributed by atoms with Crippen molar-refractivity contribution in [3.8, 4) is 5.69 Å². The first kappa shape index (κ1) is 9.65. The fraction of sp³-hybridized carbons (Fsp3) is 0.167. The summed E-state index contributed by atoms with van der Waals surface area (Å²) in [6.45, 7) is 3.86. The summed E-state index contributed by atoms with van der Waals surface area (Å²) >= 11 is 0. The fourth-order valence-electron chi connectivity index (χ4n) is 1.42. The van der Waals surface area contributed by atoms with Crippen LogP contribution in [0.1, 0.15) is 21.6 Å². The minimum absolute atomic E-state index is 0.635. The average Bonchev–Trinajstić information content (AvgIpc) is 2.61. The zero-order valence-electron chi connectivity index (χ0n) is 8.77. The van der Waals surface area contributed by atoms with Crippen LogP contribution in [0.3, 0.4) is 0 Å². The van der Waals surface area contributed by atoms with E-state index in [1.807, 2.05) is 38.1 Å². The summed E-state index contributed by atoms with van der Waals surface area (Å²) in [7, 11) is 0. The van der Waals surface area contributed by atoms with Gasteiger partial charge in [-0.05, 0) is 26.0 Å². The van der Waals surface area contributed by atoms with Gasteiger partial charge in [0.1, 0.15) is 0 Å². The van der Waals surface area contributed by atoms with Crippen molar-refractivity contribution in [1.29, 1.82) is 0 Å². The molecule has 1 aromatic heterocycles. The fourth-order valence-corrected chi connectivity index (χ4v) is 1.42. The Morgan fingerprint density at radius 2 is 1.87 bits per heavy atom. The number of aromatic nitrogens is 2. The maximum absolute atomic E-state index is 10.7. The van der Waals surface area contributed by atoms with Crippen molar-refractivity contribution in [3.05, 3.63) is 47.3 Å². The van der Waals surface area contributed by atoms with Gasteiger partial charge in [-0.1, -0.05) is 17.7 Å². The van der Waals surface area contributed by atoms with Crippen molar-refractivity contribution in [3.63, 3.8) is 0 Å². The van der Waals surface area contributed by atoms with Crippen molar-refractivity contribution in [1.82, 2.24) is 9.78 Å². The highest BCUT2D eigenvalue weighted by Crippen LogP contribution is 2.11. The van der Waals surface area contributed by atoms with Crippen molar-refractivity contribution in [2.75, 3.05) is 0 Å². The van der Waals surface area contributed by atoms with Crippen molar-refractivity contribution in [2.45, 2.75) is 13.8 Å². The molecule has 3 heteroatoms. The average molecular weight is 200 g/mol. The van der Waals surface area contributed by atoms with Gasteiger partial charge in [0.05, 0.1) is 16.9 Å². The number of carbonyl (C=O) groups is 1. The molecule has 3 nitrogen and oxygen atoms in total. The van der Waals surface area contributed by atoms with E-state index in [1.54, 1.807) is 10.9 Å². The highest BCUT2D eigenvalue weighted by Gasteiger charge is 2.04. The Balaban J connectivity index is 2.45. The Morgan fingerprint density at radius 3 is 2.40 bits per heavy atom. The summed E-state index contributed by atoms with van der Waals surface area (Å²) in [6, 6.07) is 8.01. The number of nitrogens with zero attached hydrogens (tertiary/aromatic N) is 2. The van der Waals surface area contributed by atoms with Gasteiger partial charge in [-0.25, -0.2) is 4.68 Å². The number of hydrogen-bond donors (Lipinski definition) is 0. The second kappa shape index (κ2) is 3.69. The van der Waals surface area contributed by atoms with Crippen LogP contribution in [0.2, 0.25) is 0 Å². The molecular formula is C12H12N2O. The number of hydrogen-bond acceptors (Lipinski definition) is 2. The van der Waals surface area contributed by atoms with Gasteiger partial charge in [-0.3, -0.25) is 4.79 Å². The standard InChI is InChI=1S/C12H12N2O/c1-9-3-5-12(6-4-9)14-7-11(8-15)10(2)13-14/h3-8H,1-2H3. The molecule has 1 heterocycles. The first-order chi connectivity index (χ1) is 7.20. The molecule has 0 atom stereocenters. The lowest BCUT2D eigenvalue weighted by Gasteiger charge is -2.00. The molecule has 0 aliphatic rings. The molecule has 0 unspecified atom stereocenters. The smallest absolute Gasteiger partial charge is 0.153 e. The second-order valence-electron chi connectivity index (χ2n) is 3.57. The summed E-state index contributed by atoms with van der Waals surface area (Å²) in [4.78, 5) is 10.7. The molecule has 2 aromatic rings. The predicted molar refractivity (Wildman–Crippen MR) is 58.4 cm³/mol. The number of aldehydes is 1. The van der Waals surface area contributed by atoms with E-state index in [4.69, 9.17) is 0 Å². The normalized spacial score (nSPS) is 10.3. The van der Waals surface area contributed by atoms with E-state index < -0.39 is 0 Å². The molecule has 0 radical (unpaired) electrons. The third kappa shape index (κ3) is 1.81. The monoisotopic (exact) mass is 200 g/mol. The Kier molecular flexibility index (Phi) is 2.37. The number of benzene rings is 1. The molecule has 0 amide bonds.